The second kappa shape index (κ2) is 19.2. The van der Waals surface area contributed by atoms with Gasteiger partial charge in [-0.1, -0.05) is 140 Å². The van der Waals surface area contributed by atoms with Gasteiger partial charge in [0.05, 0.1) is 0 Å². The number of ketones is 1. The van der Waals surface area contributed by atoms with Gasteiger partial charge in [0.1, 0.15) is 32.2 Å². The van der Waals surface area contributed by atoms with Crippen molar-refractivity contribution < 1.29 is 28.8 Å². The Bertz CT molecular complexity index is 2090. The van der Waals surface area contributed by atoms with Crippen LogP contribution < -0.4 is 18.9 Å². The highest BCUT2D eigenvalue weighted by atomic mass is 16.5. The molecule has 6 aromatic carbocycles. The van der Waals surface area contributed by atoms with Crippen molar-refractivity contribution in [3.8, 4) is 23.0 Å². The summed E-state index contributed by atoms with van der Waals surface area (Å²) in [6, 6.07) is 51.1. The topological polar surface area (TPSA) is 74.2 Å². The zero-order valence-electron chi connectivity index (χ0n) is 29.5. The van der Waals surface area contributed by atoms with Crippen LogP contribution in [0, 0.1) is 0 Å². The van der Waals surface area contributed by atoms with Crippen LogP contribution in [-0.2, 0) is 37.6 Å². The number of allylic oxidation sites excluding steroid dienone is 2. The van der Waals surface area contributed by atoms with E-state index in [2.05, 4.69) is 0 Å². The van der Waals surface area contributed by atoms with Gasteiger partial charge in [0.25, 0.3) is 0 Å². The molecule has 6 heteroatoms. The first-order valence-electron chi connectivity index (χ1n) is 17.6. The van der Waals surface area contributed by atoms with Gasteiger partial charge in [-0.3, -0.25) is 4.79 Å². The van der Waals surface area contributed by atoms with Gasteiger partial charge >= 0.3 is 0 Å². The third-order valence-electron chi connectivity index (χ3n) is 8.34. The molecule has 6 rings (SSSR count). The van der Waals surface area contributed by atoms with Crippen molar-refractivity contribution in [2.75, 3.05) is 0 Å². The van der Waals surface area contributed by atoms with Gasteiger partial charge in [0, 0.05) is 12.5 Å². The number of benzene rings is 6. The molecule has 6 nitrogen and oxygen atoms in total. The van der Waals surface area contributed by atoms with Gasteiger partial charge in [-0.15, -0.1) is 0 Å². The minimum atomic E-state index is -0.195. The van der Waals surface area contributed by atoms with Crippen molar-refractivity contribution in [2.24, 2.45) is 0 Å². The van der Waals surface area contributed by atoms with Gasteiger partial charge in [-0.2, -0.15) is 0 Å². The quantitative estimate of drug-likeness (QED) is 0.0546. The van der Waals surface area contributed by atoms with E-state index < -0.39 is 0 Å². The summed E-state index contributed by atoms with van der Waals surface area (Å²) in [4.78, 5) is 12.9. The van der Waals surface area contributed by atoms with Crippen LogP contribution in [0.1, 0.15) is 39.8 Å². The van der Waals surface area contributed by atoms with Crippen LogP contribution in [0.5, 0.6) is 23.0 Å². The normalized spacial score (nSPS) is 11.3. The first-order valence-corrected chi connectivity index (χ1v) is 17.6. The van der Waals surface area contributed by atoms with Crippen LogP contribution >= 0.6 is 0 Å². The monoisotopic (exact) mass is 702 g/mol. The van der Waals surface area contributed by atoms with Gasteiger partial charge in [0.15, 0.2) is 28.8 Å². The molecule has 6 aromatic rings. The molecule has 0 bridgehead atoms. The van der Waals surface area contributed by atoms with E-state index in [9.17, 15) is 9.90 Å². The molecule has 0 spiro atoms. The Morgan fingerprint density at radius 3 is 1.36 bits per heavy atom. The molecule has 0 aliphatic rings. The Labute approximate surface area is 311 Å². The van der Waals surface area contributed by atoms with Crippen molar-refractivity contribution in [2.45, 2.75) is 39.3 Å². The SMILES string of the molecule is O=C(/C=C(O)/C=C/c1ccc(OCc2ccccc2)c(OCc2ccccc2)c1)CCc1ccc(OCc2ccccc2)c(OCc2ccccc2)c1. The van der Waals surface area contributed by atoms with Gasteiger partial charge in [0.2, 0.25) is 0 Å². The highest BCUT2D eigenvalue weighted by Crippen LogP contribution is 2.32. The van der Waals surface area contributed by atoms with E-state index in [0.29, 0.717) is 55.8 Å². The minimum absolute atomic E-state index is 0.136. The molecular formula is C47H42O6. The van der Waals surface area contributed by atoms with E-state index >= 15 is 0 Å². The molecule has 0 heterocycles. The Morgan fingerprint density at radius 1 is 0.472 bits per heavy atom. The van der Waals surface area contributed by atoms with E-state index in [-0.39, 0.29) is 18.0 Å². The van der Waals surface area contributed by atoms with Gasteiger partial charge in [-0.05, 0) is 70.1 Å². The lowest BCUT2D eigenvalue weighted by Crippen LogP contribution is -2.02. The summed E-state index contributed by atoms with van der Waals surface area (Å²) >= 11 is 0. The molecule has 0 aliphatic heterocycles. The first-order chi connectivity index (χ1) is 26.1. The van der Waals surface area contributed by atoms with Crippen LogP contribution in [0.2, 0.25) is 0 Å². The summed E-state index contributed by atoms with van der Waals surface area (Å²) in [6.07, 6.45) is 5.18. The summed E-state index contributed by atoms with van der Waals surface area (Å²) in [7, 11) is 0. The van der Waals surface area contributed by atoms with Gasteiger partial charge in [-0.25, -0.2) is 0 Å². The van der Waals surface area contributed by atoms with E-state index in [1.165, 1.54) is 12.2 Å². The molecule has 0 atom stereocenters. The number of carbonyl (C=O) groups is 1. The zero-order valence-corrected chi connectivity index (χ0v) is 29.5. The molecule has 0 saturated heterocycles. The number of hydrogen-bond donors (Lipinski definition) is 1. The maximum Gasteiger partial charge on any atom is 0.162 e. The lowest BCUT2D eigenvalue weighted by molar-refractivity contribution is -0.114. The summed E-state index contributed by atoms with van der Waals surface area (Å²) < 4.78 is 24.6. The fourth-order valence-corrected chi connectivity index (χ4v) is 5.48. The van der Waals surface area contributed by atoms with E-state index in [1.54, 1.807) is 6.08 Å². The Hall–Kier alpha value is -6.53. The predicted molar refractivity (Wildman–Crippen MR) is 209 cm³/mol. The molecule has 0 fully saturated rings. The highest BCUT2D eigenvalue weighted by Gasteiger charge is 2.11. The first kappa shape index (κ1) is 36.3. The number of carbonyl (C=O) groups excluding carboxylic acids is 1. The Balaban J connectivity index is 1.08. The van der Waals surface area contributed by atoms with Crippen LogP contribution in [0.25, 0.3) is 6.08 Å². The largest absolute Gasteiger partial charge is 0.508 e. The molecule has 1 N–H and O–H groups in total. The Kier molecular flexibility index (Phi) is 13.1. The van der Waals surface area contributed by atoms with Crippen molar-refractivity contribution in [1.82, 2.24) is 0 Å². The number of aryl methyl sites for hydroxylation is 1. The van der Waals surface area contributed by atoms with Crippen LogP contribution in [0.3, 0.4) is 0 Å². The van der Waals surface area contributed by atoms with E-state index in [4.69, 9.17) is 18.9 Å². The molecule has 0 aromatic heterocycles. The maximum absolute atomic E-state index is 12.9. The van der Waals surface area contributed by atoms with Crippen molar-refractivity contribution in [3.05, 3.63) is 209 Å². The third kappa shape index (κ3) is 11.8. The van der Waals surface area contributed by atoms with E-state index in [0.717, 1.165) is 33.4 Å². The van der Waals surface area contributed by atoms with Crippen molar-refractivity contribution in [1.29, 1.82) is 0 Å². The lowest BCUT2D eigenvalue weighted by Gasteiger charge is -2.14. The third-order valence-corrected chi connectivity index (χ3v) is 8.34. The summed E-state index contributed by atoms with van der Waals surface area (Å²) in [6.45, 7) is 1.57. The molecule has 266 valence electrons. The fraction of sp³-hybridized carbons (Fsp3) is 0.128. The molecule has 0 saturated carbocycles. The summed E-state index contributed by atoms with van der Waals surface area (Å²) in [5, 5.41) is 10.6. The van der Waals surface area contributed by atoms with Crippen LogP contribution in [-0.4, -0.2) is 10.9 Å². The predicted octanol–water partition coefficient (Wildman–Crippen LogP) is 10.7. The molecule has 0 radical (unpaired) electrons. The molecule has 53 heavy (non-hydrogen) atoms. The smallest absolute Gasteiger partial charge is 0.162 e. The lowest BCUT2D eigenvalue weighted by atomic mass is 10.1. The molecule has 0 aliphatic carbocycles. The highest BCUT2D eigenvalue weighted by molar-refractivity contribution is 5.90. The Morgan fingerprint density at radius 2 is 0.887 bits per heavy atom. The fourth-order valence-electron chi connectivity index (χ4n) is 5.48. The average Bonchev–Trinajstić information content (AvgIpc) is 3.21. The average molecular weight is 703 g/mol. The maximum atomic E-state index is 12.9. The number of aliphatic hydroxyl groups is 1. The van der Waals surface area contributed by atoms with Crippen molar-refractivity contribution in [3.63, 3.8) is 0 Å². The standard InChI is InChI=1S/C47H42O6/c48-42(25-21-36-23-27-44(50-32-38-13-5-1-6-14-38)46(29-36)52-34-40-17-9-3-10-18-40)31-43(49)26-22-37-24-28-45(51-33-39-15-7-2-8-16-39)47(30-37)53-35-41-19-11-4-12-20-41/h1-21,23-25,27-31,48H,22,26,32-35H2/b25-21+,42-31-. The summed E-state index contributed by atoms with van der Waals surface area (Å²) in [5.41, 5.74) is 5.88. The molecule has 0 unspecified atom stereocenters. The zero-order chi connectivity index (χ0) is 36.5. The second-order valence-electron chi connectivity index (χ2n) is 12.5. The minimum Gasteiger partial charge on any atom is -0.508 e. The van der Waals surface area contributed by atoms with Gasteiger partial charge < -0.3 is 24.1 Å². The molecule has 0 amide bonds. The van der Waals surface area contributed by atoms with Crippen LogP contribution in [0.4, 0.5) is 0 Å². The van der Waals surface area contributed by atoms with Crippen LogP contribution in [0.15, 0.2) is 176 Å². The second-order valence-corrected chi connectivity index (χ2v) is 12.5. The van der Waals surface area contributed by atoms with Crippen molar-refractivity contribution >= 4 is 11.9 Å². The molecular weight excluding hydrogens is 661 g/mol. The number of ether oxygens (including phenoxy) is 4. The van der Waals surface area contributed by atoms with E-state index in [1.807, 2.05) is 158 Å². The number of hydrogen-bond acceptors (Lipinski definition) is 6. The summed E-state index contributed by atoms with van der Waals surface area (Å²) in [5.74, 6) is 2.10. The number of rotatable bonds is 18. The number of aliphatic hydroxyl groups excluding tert-OH is 1.